The maximum atomic E-state index is 14.5. The van der Waals surface area contributed by atoms with Gasteiger partial charge in [-0.05, 0) is 113 Å². The van der Waals surface area contributed by atoms with Crippen LogP contribution in [0.3, 0.4) is 0 Å². The van der Waals surface area contributed by atoms with Gasteiger partial charge in [-0.25, -0.2) is 14.4 Å². The molecule has 6 aliphatic rings. The Bertz CT molecular complexity index is 4360. The second-order valence-electron chi connectivity index (χ2n) is 25.4. The average Bonchev–Trinajstić information content (AvgIpc) is 0.759. The predicted molar refractivity (Wildman–Crippen MR) is 372 cm³/mol. The van der Waals surface area contributed by atoms with Crippen molar-refractivity contribution in [1.29, 1.82) is 0 Å². The van der Waals surface area contributed by atoms with E-state index in [0.717, 1.165) is 54.6 Å². The first kappa shape index (κ1) is 80.0. The summed E-state index contributed by atoms with van der Waals surface area (Å²) in [6.07, 6.45) is -31.3. The second kappa shape index (κ2) is 35.5. The van der Waals surface area contributed by atoms with Crippen LogP contribution in [-0.2, 0) is 52.3 Å². The highest BCUT2D eigenvalue weighted by atomic mass is 16.7. The van der Waals surface area contributed by atoms with Gasteiger partial charge in [-0.1, -0.05) is 48.5 Å². The van der Waals surface area contributed by atoms with Crippen LogP contribution in [0.4, 0.5) is 0 Å². The van der Waals surface area contributed by atoms with Gasteiger partial charge >= 0.3 is 23.9 Å². The van der Waals surface area contributed by atoms with Crippen LogP contribution in [0.5, 0.6) is 51.7 Å². The van der Waals surface area contributed by atoms with Crippen molar-refractivity contribution < 1.29 is 167 Å². The number of hydrogen-bond acceptors (Lipinski definition) is 34. The van der Waals surface area contributed by atoms with E-state index in [1.807, 2.05) is 0 Å². The third-order valence-electron chi connectivity index (χ3n) is 17.5. The highest BCUT2D eigenvalue weighted by molar-refractivity contribution is 5.89. The summed E-state index contributed by atoms with van der Waals surface area (Å²) in [6.45, 7) is -3.22. The summed E-state index contributed by atoms with van der Waals surface area (Å²) in [5.74, 6) is -9.29. The minimum Gasteiger partial charge on any atom is -0.508 e. The number of rotatable bonds is 25. The van der Waals surface area contributed by atoms with Crippen molar-refractivity contribution in [3.63, 3.8) is 0 Å². The Kier molecular flexibility index (Phi) is 25.8. The molecule has 0 bridgehead atoms. The van der Waals surface area contributed by atoms with Crippen LogP contribution in [0.2, 0.25) is 0 Å². The number of aliphatic hydroxyl groups is 12. The molecule has 1 aliphatic carbocycles. The Morgan fingerprint density at radius 2 is 0.673 bits per heavy atom. The van der Waals surface area contributed by atoms with E-state index >= 15 is 0 Å². The molecule has 5 aromatic rings. The zero-order valence-electron chi connectivity index (χ0n) is 57.1. The third kappa shape index (κ3) is 19.7. The van der Waals surface area contributed by atoms with E-state index in [4.69, 9.17) is 61.3 Å². The molecule has 4 fully saturated rings. The number of ether oxygens (including phenoxy) is 12. The summed E-state index contributed by atoms with van der Waals surface area (Å²) >= 11 is 0. The lowest BCUT2D eigenvalue weighted by molar-refractivity contribution is -0.279. The van der Waals surface area contributed by atoms with Gasteiger partial charge in [0.2, 0.25) is 37.5 Å². The molecule has 110 heavy (non-hydrogen) atoms. The molecule has 18 N–H and O–H groups in total. The summed E-state index contributed by atoms with van der Waals surface area (Å²) in [5, 5.41) is 186. The maximum absolute atomic E-state index is 14.5. The quantitative estimate of drug-likeness (QED) is 0.0151. The van der Waals surface area contributed by atoms with Gasteiger partial charge in [-0.3, -0.25) is 4.79 Å². The molecule has 11 rings (SSSR count). The van der Waals surface area contributed by atoms with Crippen LogP contribution < -0.4 is 24.4 Å². The van der Waals surface area contributed by atoms with Gasteiger partial charge in [0.25, 0.3) is 0 Å². The van der Waals surface area contributed by atoms with Crippen molar-refractivity contribution >= 4 is 48.2 Å². The topological polar surface area (TPSA) is 557 Å². The first-order valence-electron chi connectivity index (χ1n) is 33.6. The van der Waals surface area contributed by atoms with E-state index < -0.39 is 230 Å². The minimum atomic E-state index is -2.27. The number of aliphatic hydroxyl groups excluding tert-OH is 12. The molecule has 0 saturated carbocycles. The number of fused-ring (bicyclic) bond motifs is 1. The summed E-state index contributed by atoms with van der Waals surface area (Å²) < 4.78 is 75.4. The highest BCUT2D eigenvalue weighted by Gasteiger charge is 2.51. The number of esters is 4. The monoisotopic (exact) mass is 1540 g/mol. The Hall–Kier alpha value is -11.1. The number of benzene rings is 6. The molecule has 584 valence electrons. The normalized spacial score (nSPS) is 28.4. The van der Waals surface area contributed by atoms with Gasteiger partial charge in [0.05, 0.1) is 11.6 Å². The molecule has 0 amide bonds. The van der Waals surface area contributed by atoms with Gasteiger partial charge in [0.15, 0.2) is 34.5 Å². The minimum absolute atomic E-state index is 0.0234. The number of phenolic OH excluding ortho intramolecular Hbond substituents is 5. The first-order valence-corrected chi connectivity index (χ1v) is 33.6. The van der Waals surface area contributed by atoms with E-state index in [1.54, 1.807) is 0 Å². The summed E-state index contributed by atoms with van der Waals surface area (Å²) in [7, 11) is 0. The molecule has 0 unspecified atom stereocenters. The summed E-state index contributed by atoms with van der Waals surface area (Å²) in [6, 6.07) is 27.3. The molecule has 5 aromatic carbocycles. The fraction of sp³-hybridized carbons (Fsp3) is 0.320. The number of phenols is 5. The fourth-order valence-corrected chi connectivity index (χ4v) is 11.4. The molecular formula is C75H75O35+. The third-order valence-corrected chi connectivity index (χ3v) is 17.5. The lowest BCUT2D eigenvalue weighted by Crippen LogP contribution is -2.60. The van der Waals surface area contributed by atoms with Crippen molar-refractivity contribution in [2.75, 3.05) is 26.4 Å². The standard InChI is InChI=1S/C75H74O35/c76-39-13-1-34(2-14-39)9-21-54(81)98-30-50-59(86)63(90)67(94)72(107-50)102-43-27-45(80)44-29-49(106-75-70(97)66(93)62(89)53(110-75)33-101-57(84)24-12-37-7-19-42(79)20-8-37)71(103-46(44)28-43)38-25-47(104-73-68(95)64(91)60(87)51(108-73)31-99-55(82)22-10-35-3-15-40(77)16-4-35)58(85)48(26-38)105-74-69(96)65(92)61(88)52(109-74)32-100-56(83)23-11-36-5-17-41(78)18-6-36/h1-29,50-53,59-70,72-79,85-97H,30-33H2/p+1/t50-,51-,52-,53-,59-,60-,61-,62-,63+,64+,65+,66+,67-,68-,69-,70-,72-,73-,74-,75-/m1/s1. The number of carbonyl (C=O) groups excluding carboxylic acids is 4. The van der Waals surface area contributed by atoms with Crippen LogP contribution in [0.15, 0.2) is 161 Å². The smallest absolute Gasteiger partial charge is 0.508 e. The molecule has 5 aliphatic heterocycles. The van der Waals surface area contributed by atoms with E-state index in [9.17, 15) is 111 Å². The van der Waals surface area contributed by atoms with Crippen molar-refractivity contribution in [3.05, 3.63) is 184 Å². The van der Waals surface area contributed by atoms with Crippen molar-refractivity contribution in [1.82, 2.24) is 0 Å². The Morgan fingerprint density at radius 1 is 0.364 bits per heavy atom. The Labute approximate surface area is 621 Å². The van der Waals surface area contributed by atoms with Crippen LogP contribution >= 0.6 is 0 Å². The largest absolute Gasteiger partial charge is 0.510 e. The summed E-state index contributed by atoms with van der Waals surface area (Å²) in [4.78, 5) is 63.9. The molecule has 0 spiro atoms. The van der Waals surface area contributed by atoms with E-state index in [1.165, 1.54) is 121 Å². The molecule has 4 saturated heterocycles. The fourth-order valence-electron chi connectivity index (χ4n) is 11.4. The number of hydrogen-bond donors (Lipinski definition) is 17. The lowest BCUT2D eigenvalue weighted by atomic mass is 9.99. The lowest BCUT2D eigenvalue weighted by Gasteiger charge is -2.40. The predicted octanol–water partition coefficient (Wildman–Crippen LogP) is -0.313. The van der Waals surface area contributed by atoms with Gasteiger partial charge in [-0.15, -0.1) is 0 Å². The van der Waals surface area contributed by atoms with Crippen LogP contribution in [-0.4, -0.2) is 265 Å². The maximum Gasteiger partial charge on any atom is 0.510 e. The second-order valence-corrected chi connectivity index (χ2v) is 25.4. The van der Waals surface area contributed by atoms with Gasteiger partial charge in [0, 0.05) is 35.9 Å². The Balaban J connectivity index is 0.958. The van der Waals surface area contributed by atoms with Gasteiger partial charge in [0.1, 0.15) is 146 Å². The SMILES string of the molecule is O=C(C=Cc1ccc(O)cc1)OC[C@H]1O[C@@H](Oc2cc3c(=O)cc(O[C@@H]4O[C@H](COC(=[OH+])C=Cc5ccc(O)cc5)[C@@H](O)[C@H](O)[C@H]4O)cc-3oc2-c2cc(O[C@@H]3O[C@H](COC(=O)C=Cc4ccc(O)cc4)[C@@H](O)[C@H](O)[C@H]3O)c(O)c(O[C@@H]3O[C@H](COC(=O)C=Cc4ccc(O)cc4)[C@@H](O)[C@H](O)[C@H]3O)c2)[C@H](O)[C@@H](O)[C@@H]1O. The molecule has 5 heterocycles. The molecular weight excluding hydrogens is 1460 g/mol. The van der Waals surface area contributed by atoms with Gasteiger partial charge in [-0.2, -0.15) is 0 Å². The van der Waals surface area contributed by atoms with Crippen LogP contribution in [0.1, 0.15) is 22.3 Å². The number of carbonyl (C=O) groups is 3. The van der Waals surface area contributed by atoms with E-state index in [0.29, 0.717) is 22.3 Å². The zero-order chi connectivity index (χ0) is 78.8. The summed E-state index contributed by atoms with van der Waals surface area (Å²) in [5.41, 5.74) is -0.0716. The van der Waals surface area contributed by atoms with Crippen LogP contribution in [0.25, 0.3) is 47.0 Å². The Morgan fingerprint density at radius 3 is 1.02 bits per heavy atom. The average molecular weight is 1540 g/mol. The molecule has 0 radical (unpaired) electrons. The first-order chi connectivity index (χ1) is 52.5. The molecule has 20 atom stereocenters. The van der Waals surface area contributed by atoms with Crippen LogP contribution in [0, 0.1) is 0 Å². The molecule has 35 nitrogen and oxygen atoms in total. The zero-order valence-corrected chi connectivity index (χ0v) is 57.1. The van der Waals surface area contributed by atoms with E-state index in [-0.39, 0.29) is 23.0 Å². The number of aromatic hydroxyl groups is 5. The van der Waals surface area contributed by atoms with Gasteiger partial charge < -0.3 is 153 Å². The molecule has 0 aromatic heterocycles. The van der Waals surface area contributed by atoms with Crippen molar-refractivity contribution in [2.24, 2.45) is 0 Å². The highest BCUT2D eigenvalue weighted by Crippen LogP contribution is 2.47. The van der Waals surface area contributed by atoms with Crippen molar-refractivity contribution in [3.8, 4) is 74.4 Å². The van der Waals surface area contributed by atoms with E-state index in [2.05, 4.69) is 0 Å². The molecule has 35 heteroatoms. The van der Waals surface area contributed by atoms with Crippen molar-refractivity contribution in [2.45, 2.75) is 123 Å².